The average Bonchev–Trinajstić information content (AvgIpc) is 3.26. The molecule has 0 unspecified atom stereocenters. The number of rotatable bonds is 4. The van der Waals surface area contributed by atoms with Gasteiger partial charge in [-0.2, -0.15) is 0 Å². The molecular formula is C24H20N4S. The van der Waals surface area contributed by atoms with Gasteiger partial charge in [-0.1, -0.05) is 85.0 Å². The Morgan fingerprint density at radius 3 is 2.21 bits per heavy atom. The topological polar surface area (TPSA) is 34.3 Å². The molecule has 0 aliphatic carbocycles. The highest BCUT2D eigenvalue weighted by Gasteiger charge is 2.19. The Bertz CT molecular complexity index is 1320. The van der Waals surface area contributed by atoms with Crippen LogP contribution in [0.1, 0.15) is 16.8 Å². The van der Waals surface area contributed by atoms with Gasteiger partial charge in [0, 0.05) is 12.1 Å². The standard InChI is InChI=1S/C24H20N4S/c1-17-23-27(16-18-10-4-2-5-11-18)20-14-8-9-15-21(20)28(23)24(25-17)26-22(29)19-12-6-3-7-13-19/h2-15H,16H2,1H3,(H,25,26,29). The van der Waals surface area contributed by atoms with Crippen LogP contribution < -0.4 is 5.32 Å². The number of fused-ring (bicyclic) bond motifs is 3. The van der Waals surface area contributed by atoms with E-state index < -0.39 is 0 Å². The quantitative estimate of drug-likeness (QED) is 0.411. The van der Waals surface area contributed by atoms with Crippen LogP contribution in [0.2, 0.25) is 0 Å². The Morgan fingerprint density at radius 2 is 1.48 bits per heavy atom. The van der Waals surface area contributed by atoms with Crippen LogP contribution in [0.5, 0.6) is 0 Å². The third-order valence-electron chi connectivity index (χ3n) is 5.13. The van der Waals surface area contributed by atoms with E-state index in [1.807, 2.05) is 43.3 Å². The number of aromatic nitrogens is 3. The lowest BCUT2D eigenvalue weighted by Crippen LogP contribution is -2.12. The maximum atomic E-state index is 5.64. The van der Waals surface area contributed by atoms with Gasteiger partial charge in [0.2, 0.25) is 5.95 Å². The van der Waals surface area contributed by atoms with Gasteiger partial charge in [-0.25, -0.2) is 4.98 Å². The molecule has 0 fully saturated rings. The third-order valence-corrected chi connectivity index (χ3v) is 5.47. The molecular weight excluding hydrogens is 376 g/mol. The highest BCUT2D eigenvalue weighted by Crippen LogP contribution is 2.28. The van der Waals surface area contributed by atoms with Crippen molar-refractivity contribution < 1.29 is 0 Å². The van der Waals surface area contributed by atoms with Crippen molar-refractivity contribution in [2.24, 2.45) is 0 Å². The number of thiocarbonyl (C=S) groups is 1. The molecule has 1 N–H and O–H groups in total. The smallest absolute Gasteiger partial charge is 0.214 e. The summed E-state index contributed by atoms with van der Waals surface area (Å²) in [6, 6.07) is 28.9. The molecule has 29 heavy (non-hydrogen) atoms. The lowest BCUT2D eigenvalue weighted by Gasteiger charge is -2.06. The summed E-state index contributed by atoms with van der Waals surface area (Å²) in [7, 11) is 0. The number of benzene rings is 3. The maximum Gasteiger partial charge on any atom is 0.214 e. The van der Waals surface area contributed by atoms with Gasteiger partial charge < -0.3 is 9.88 Å². The first-order valence-electron chi connectivity index (χ1n) is 9.59. The fourth-order valence-electron chi connectivity index (χ4n) is 3.83. The van der Waals surface area contributed by atoms with E-state index in [0.29, 0.717) is 4.99 Å². The highest BCUT2D eigenvalue weighted by molar-refractivity contribution is 7.81. The zero-order chi connectivity index (χ0) is 19.8. The second-order valence-electron chi connectivity index (χ2n) is 7.06. The minimum absolute atomic E-state index is 0.664. The summed E-state index contributed by atoms with van der Waals surface area (Å²) >= 11 is 5.64. The lowest BCUT2D eigenvalue weighted by molar-refractivity contribution is 0.855. The largest absolute Gasteiger partial charge is 0.320 e. The van der Waals surface area contributed by atoms with Gasteiger partial charge in [0.15, 0.2) is 0 Å². The van der Waals surface area contributed by atoms with Gasteiger partial charge >= 0.3 is 0 Å². The van der Waals surface area contributed by atoms with Crippen LogP contribution in [0.15, 0.2) is 84.9 Å². The Hall–Kier alpha value is -3.44. The molecule has 5 heteroatoms. The summed E-state index contributed by atoms with van der Waals surface area (Å²) in [5, 5.41) is 3.36. The normalized spacial score (nSPS) is 11.2. The first-order valence-corrected chi connectivity index (χ1v) is 10.00. The molecule has 2 heterocycles. The summed E-state index contributed by atoms with van der Waals surface area (Å²) in [5.41, 5.74) is 6.56. The maximum absolute atomic E-state index is 5.64. The third kappa shape index (κ3) is 3.09. The number of hydrogen-bond donors (Lipinski definition) is 1. The number of nitrogens with one attached hydrogen (secondary N) is 1. The van der Waals surface area contributed by atoms with E-state index in [-0.39, 0.29) is 0 Å². The molecule has 0 aliphatic rings. The van der Waals surface area contributed by atoms with Crippen molar-refractivity contribution in [1.82, 2.24) is 14.0 Å². The van der Waals surface area contributed by atoms with E-state index in [1.165, 1.54) is 11.1 Å². The van der Waals surface area contributed by atoms with Gasteiger partial charge in [0.1, 0.15) is 10.6 Å². The average molecular weight is 397 g/mol. The Labute approximate surface area is 174 Å². The van der Waals surface area contributed by atoms with Crippen molar-refractivity contribution in [3.05, 3.63) is 102 Å². The number of aryl methyl sites for hydroxylation is 1. The van der Waals surface area contributed by atoms with E-state index in [9.17, 15) is 0 Å². The van der Waals surface area contributed by atoms with Crippen molar-refractivity contribution in [2.45, 2.75) is 13.5 Å². The van der Waals surface area contributed by atoms with Crippen molar-refractivity contribution in [1.29, 1.82) is 0 Å². The monoisotopic (exact) mass is 396 g/mol. The molecule has 0 saturated heterocycles. The van der Waals surface area contributed by atoms with Crippen LogP contribution in [0.4, 0.5) is 5.95 Å². The van der Waals surface area contributed by atoms with Crippen LogP contribution >= 0.6 is 12.2 Å². The summed E-state index contributed by atoms with van der Waals surface area (Å²) in [6.45, 7) is 2.83. The summed E-state index contributed by atoms with van der Waals surface area (Å²) < 4.78 is 4.49. The Balaban J connectivity index is 1.66. The van der Waals surface area contributed by atoms with E-state index >= 15 is 0 Å². The number of nitrogens with zero attached hydrogens (tertiary/aromatic N) is 3. The lowest BCUT2D eigenvalue weighted by atomic mass is 10.2. The van der Waals surface area contributed by atoms with Crippen molar-refractivity contribution in [2.75, 3.05) is 5.32 Å². The molecule has 0 bridgehead atoms. The van der Waals surface area contributed by atoms with Crippen LogP contribution in [-0.2, 0) is 6.54 Å². The molecule has 2 aromatic heterocycles. The second-order valence-corrected chi connectivity index (χ2v) is 7.47. The molecule has 0 saturated carbocycles. The molecule has 0 radical (unpaired) electrons. The van der Waals surface area contributed by atoms with E-state index in [1.54, 1.807) is 0 Å². The number of anilines is 1. The minimum Gasteiger partial charge on any atom is -0.320 e. The van der Waals surface area contributed by atoms with Gasteiger partial charge in [-0.3, -0.25) is 4.40 Å². The van der Waals surface area contributed by atoms with Gasteiger partial charge in [0.05, 0.1) is 16.7 Å². The second kappa shape index (κ2) is 7.18. The number of imidazole rings is 2. The van der Waals surface area contributed by atoms with Gasteiger partial charge in [-0.05, 0) is 24.6 Å². The van der Waals surface area contributed by atoms with Crippen molar-refractivity contribution in [3.8, 4) is 0 Å². The summed E-state index contributed by atoms with van der Waals surface area (Å²) in [6.07, 6.45) is 0. The highest BCUT2D eigenvalue weighted by atomic mass is 32.1. The van der Waals surface area contributed by atoms with Crippen LogP contribution in [0, 0.1) is 6.92 Å². The molecule has 5 aromatic rings. The van der Waals surface area contributed by atoms with Crippen molar-refractivity contribution >= 4 is 39.8 Å². The fourth-order valence-corrected chi connectivity index (χ4v) is 4.06. The molecule has 0 spiro atoms. The SMILES string of the molecule is Cc1nc(NC(=S)c2ccccc2)n2c3ccccc3n(Cc3ccccc3)c12. The first-order chi connectivity index (χ1) is 14.2. The summed E-state index contributed by atoms with van der Waals surface area (Å²) in [4.78, 5) is 5.48. The molecule has 5 rings (SSSR count). The molecule has 0 amide bonds. The first kappa shape index (κ1) is 17.6. The molecule has 4 nitrogen and oxygen atoms in total. The molecule has 3 aromatic carbocycles. The van der Waals surface area contributed by atoms with Crippen LogP contribution in [-0.4, -0.2) is 18.9 Å². The molecule has 142 valence electrons. The van der Waals surface area contributed by atoms with Crippen LogP contribution in [0.25, 0.3) is 16.7 Å². The Kier molecular flexibility index (Phi) is 4.37. The zero-order valence-corrected chi connectivity index (χ0v) is 16.9. The molecule has 0 atom stereocenters. The van der Waals surface area contributed by atoms with E-state index in [4.69, 9.17) is 17.2 Å². The van der Waals surface area contributed by atoms with E-state index in [2.05, 4.69) is 62.8 Å². The predicted octanol–water partition coefficient (Wildman–Crippen LogP) is 5.43. The van der Waals surface area contributed by atoms with Gasteiger partial charge in [-0.15, -0.1) is 0 Å². The van der Waals surface area contributed by atoms with Crippen molar-refractivity contribution in [3.63, 3.8) is 0 Å². The van der Waals surface area contributed by atoms with Gasteiger partial charge in [0.25, 0.3) is 0 Å². The number of para-hydroxylation sites is 2. The molecule has 0 aliphatic heterocycles. The zero-order valence-electron chi connectivity index (χ0n) is 16.0. The number of hydrogen-bond acceptors (Lipinski definition) is 2. The summed E-state index contributed by atoms with van der Waals surface area (Å²) in [5.74, 6) is 0.745. The fraction of sp³-hybridized carbons (Fsp3) is 0.0833. The van der Waals surface area contributed by atoms with Crippen LogP contribution in [0.3, 0.4) is 0 Å². The predicted molar refractivity (Wildman–Crippen MR) is 123 cm³/mol. The minimum atomic E-state index is 0.664. The van der Waals surface area contributed by atoms with E-state index in [0.717, 1.165) is 34.9 Å². The Morgan fingerprint density at radius 1 is 0.862 bits per heavy atom.